The molecule has 4 heteroatoms. The van der Waals surface area contributed by atoms with Crippen LogP contribution in [0.4, 0.5) is 4.39 Å². The molecule has 0 saturated carbocycles. The van der Waals surface area contributed by atoms with E-state index in [1.54, 1.807) is 6.07 Å². The van der Waals surface area contributed by atoms with Crippen molar-refractivity contribution in [2.45, 2.75) is 25.5 Å². The highest BCUT2D eigenvalue weighted by atomic mass is 19.1. The second-order valence-electron chi connectivity index (χ2n) is 5.09. The topological polar surface area (TPSA) is 32.7 Å². The minimum absolute atomic E-state index is 0.221. The second-order valence-corrected chi connectivity index (χ2v) is 5.09. The number of hydrogen-bond acceptors (Lipinski definition) is 3. The van der Waals surface area contributed by atoms with Crippen LogP contribution in [0.3, 0.4) is 0 Å². The zero-order chi connectivity index (χ0) is 14.4. The number of ether oxygens (including phenoxy) is 1. The van der Waals surface area contributed by atoms with Crippen molar-refractivity contribution in [3.63, 3.8) is 0 Å². The van der Waals surface area contributed by atoms with Crippen LogP contribution in [0.1, 0.15) is 24.0 Å². The largest absolute Gasteiger partial charge is 0.384 e. The van der Waals surface area contributed by atoms with E-state index in [1.165, 1.54) is 12.1 Å². The van der Waals surface area contributed by atoms with Crippen molar-refractivity contribution >= 4 is 0 Å². The molecule has 0 spiro atoms. The molecule has 1 aromatic carbocycles. The van der Waals surface area contributed by atoms with Gasteiger partial charge in [0, 0.05) is 25.3 Å². The summed E-state index contributed by atoms with van der Waals surface area (Å²) in [7, 11) is 2.02. The van der Waals surface area contributed by atoms with E-state index in [9.17, 15) is 4.39 Å². The summed E-state index contributed by atoms with van der Waals surface area (Å²) in [6.07, 6.45) is 2.53. The maximum atomic E-state index is 13.3. The summed E-state index contributed by atoms with van der Waals surface area (Å²) in [6, 6.07) is 4.61. The molecule has 0 bridgehead atoms. The van der Waals surface area contributed by atoms with Crippen LogP contribution in [0.25, 0.3) is 0 Å². The van der Waals surface area contributed by atoms with E-state index in [1.807, 2.05) is 7.05 Å². The van der Waals surface area contributed by atoms with E-state index in [0.29, 0.717) is 18.2 Å². The van der Waals surface area contributed by atoms with Gasteiger partial charge in [-0.1, -0.05) is 17.9 Å². The van der Waals surface area contributed by atoms with E-state index in [-0.39, 0.29) is 12.4 Å². The lowest BCUT2D eigenvalue weighted by Crippen LogP contribution is -2.28. The van der Waals surface area contributed by atoms with Gasteiger partial charge in [0.1, 0.15) is 12.4 Å². The fraction of sp³-hybridized carbons (Fsp3) is 0.500. The molecular weight excluding hydrogens is 257 g/mol. The van der Waals surface area contributed by atoms with E-state index < -0.39 is 0 Å². The number of halogens is 1. The van der Waals surface area contributed by atoms with Crippen molar-refractivity contribution < 1.29 is 14.2 Å². The van der Waals surface area contributed by atoms with Gasteiger partial charge >= 0.3 is 0 Å². The third-order valence-corrected chi connectivity index (χ3v) is 3.35. The molecule has 1 aliphatic heterocycles. The van der Waals surface area contributed by atoms with E-state index in [4.69, 9.17) is 9.84 Å². The molecule has 3 nitrogen and oxygen atoms in total. The first kappa shape index (κ1) is 15.0. The molecule has 1 N–H and O–H groups in total. The Bertz CT molecular complexity index is 501. The van der Waals surface area contributed by atoms with Gasteiger partial charge in [-0.15, -0.1) is 0 Å². The van der Waals surface area contributed by atoms with Crippen LogP contribution in [0.5, 0.6) is 0 Å². The average Bonchev–Trinajstić information content (AvgIpc) is 2.91. The van der Waals surface area contributed by atoms with Crippen LogP contribution in [-0.4, -0.2) is 42.9 Å². The fourth-order valence-corrected chi connectivity index (χ4v) is 2.43. The lowest BCUT2D eigenvalue weighted by atomic mass is 10.1. The molecule has 1 unspecified atom stereocenters. The van der Waals surface area contributed by atoms with Crippen LogP contribution in [0, 0.1) is 17.7 Å². The molecule has 0 aliphatic carbocycles. The number of hydrogen-bond donors (Lipinski definition) is 1. The summed E-state index contributed by atoms with van der Waals surface area (Å²) in [6.45, 7) is 2.18. The standard InChI is InChI=1S/C16H20FNO2/c1-18(12-16-5-3-9-20-16)11-14-6-7-15(17)10-13(14)4-2-8-19/h6-7,10,16,19H,3,5,8-9,11-12H2,1H3. The average molecular weight is 277 g/mol. The van der Waals surface area contributed by atoms with Crippen LogP contribution in [-0.2, 0) is 11.3 Å². The Morgan fingerprint density at radius 1 is 1.50 bits per heavy atom. The highest BCUT2D eigenvalue weighted by Crippen LogP contribution is 2.16. The van der Waals surface area contributed by atoms with Gasteiger partial charge in [0.25, 0.3) is 0 Å². The third-order valence-electron chi connectivity index (χ3n) is 3.35. The van der Waals surface area contributed by atoms with Crippen LogP contribution >= 0.6 is 0 Å². The Labute approximate surface area is 119 Å². The van der Waals surface area contributed by atoms with Crippen molar-refractivity contribution in [1.82, 2.24) is 4.90 Å². The highest BCUT2D eigenvalue weighted by molar-refractivity contribution is 5.41. The monoisotopic (exact) mass is 277 g/mol. The number of benzene rings is 1. The van der Waals surface area contributed by atoms with Gasteiger partial charge in [-0.3, -0.25) is 4.90 Å². The molecule has 1 heterocycles. The number of nitrogens with zero attached hydrogens (tertiary/aromatic N) is 1. The quantitative estimate of drug-likeness (QED) is 0.852. The predicted octanol–water partition coefficient (Wildman–Crippen LogP) is 1.78. The maximum Gasteiger partial charge on any atom is 0.124 e. The lowest BCUT2D eigenvalue weighted by Gasteiger charge is -2.21. The first-order chi connectivity index (χ1) is 9.69. The Hall–Kier alpha value is -1.41. The number of aliphatic hydroxyl groups excluding tert-OH is 1. The van der Waals surface area contributed by atoms with Crippen LogP contribution < -0.4 is 0 Å². The molecule has 108 valence electrons. The molecule has 1 fully saturated rings. The molecule has 1 atom stereocenters. The van der Waals surface area contributed by atoms with Gasteiger partial charge in [0.15, 0.2) is 0 Å². The smallest absolute Gasteiger partial charge is 0.124 e. The zero-order valence-electron chi connectivity index (χ0n) is 11.7. The Morgan fingerprint density at radius 3 is 3.05 bits per heavy atom. The fourth-order valence-electron chi connectivity index (χ4n) is 2.43. The molecule has 20 heavy (non-hydrogen) atoms. The summed E-state index contributed by atoms with van der Waals surface area (Å²) < 4.78 is 18.9. The van der Waals surface area contributed by atoms with Crippen molar-refractivity contribution in [2.24, 2.45) is 0 Å². The van der Waals surface area contributed by atoms with E-state index in [0.717, 1.165) is 31.6 Å². The van der Waals surface area contributed by atoms with Gasteiger partial charge in [-0.05, 0) is 37.6 Å². The number of likely N-dealkylation sites (N-methyl/N-ethyl adjacent to an activating group) is 1. The summed E-state index contributed by atoms with van der Waals surface area (Å²) in [4.78, 5) is 2.16. The molecule has 0 aromatic heterocycles. The van der Waals surface area contributed by atoms with Crippen LogP contribution in [0.15, 0.2) is 18.2 Å². The molecule has 1 aromatic rings. The van der Waals surface area contributed by atoms with Crippen molar-refractivity contribution in [3.8, 4) is 11.8 Å². The van der Waals surface area contributed by atoms with Gasteiger partial charge in [0.05, 0.1) is 6.10 Å². The van der Waals surface area contributed by atoms with Gasteiger partial charge in [0.2, 0.25) is 0 Å². The summed E-state index contributed by atoms with van der Waals surface area (Å²) in [5, 5.41) is 8.77. The maximum absolute atomic E-state index is 13.3. The minimum atomic E-state index is -0.308. The molecular formula is C16H20FNO2. The van der Waals surface area contributed by atoms with Crippen molar-refractivity contribution in [1.29, 1.82) is 0 Å². The third kappa shape index (κ3) is 4.31. The SMILES string of the molecule is CN(Cc1ccc(F)cc1C#CCO)CC1CCCO1. The minimum Gasteiger partial charge on any atom is -0.384 e. The number of aliphatic hydroxyl groups is 1. The lowest BCUT2D eigenvalue weighted by molar-refractivity contribution is 0.0793. The van der Waals surface area contributed by atoms with Gasteiger partial charge < -0.3 is 9.84 Å². The first-order valence-corrected chi connectivity index (χ1v) is 6.87. The normalized spacial score (nSPS) is 18.1. The number of rotatable bonds is 4. The summed E-state index contributed by atoms with van der Waals surface area (Å²) in [5.74, 6) is 5.07. The Kier molecular flexibility index (Phi) is 5.54. The first-order valence-electron chi connectivity index (χ1n) is 6.87. The predicted molar refractivity (Wildman–Crippen MR) is 75.7 cm³/mol. The van der Waals surface area contributed by atoms with E-state index >= 15 is 0 Å². The summed E-state index contributed by atoms with van der Waals surface area (Å²) in [5.41, 5.74) is 1.60. The molecule has 2 rings (SSSR count). The van der Waals surface area contributed by atoms with Gasteiger partial charge in [-0.25, -0.2) is 4.39 Å². The van der Waals surface area contributed by atoms with Gasteiger partial charge in [-0.2, -0.15) is 0 Å². The summed E-state index contributed by atoms with van der Waals surface area (Å²) >= 11 is 0. The Morgan fingerprint density at radius 2 is 2.35 bits per heavy atom. The molecule has 0 amide bonds. The zero-order valence-corrected chi connectivity index (χ0v) is 11.7. The highest BCUT2D eigenvalue weighted by Gasteiger charge is 2.17. The Balaban J connectivity index is 2.03. The second kappa shape index (κ2) is 7.39. The molecule has 0 radical (unpaired) electrons. The molecule has 1 aliphatic rings. The van der Waals surface area contributed by atoms with Crippen LogP contribution in [0.2, 0.25) is 0 Å². The van der Waals surface area contributed by atoms with Crippen molar-refractivity contribution in [2.75, 3.05) is 26.8 Å². The van der Waals surface area contributed by atoms with E-state index in [2.05, 4.69) is 16.7 Å². The molecule has 1 saturated heterocycles. The van der Waals surface area contributed by atoms with Crippen molar-refractivity contribution in [3.05, 3.63) is 35.1 Å².